The van der Waals surface area contributed by atoms with Gasteiger partial charge in [0.05, 0.1) is 16.1 Å². The van der Waals surface area contributed by atoms with Crippen LogP contribution in [0.5, 0.6) is 0 Å². The van der Waals surface area contributed by atoms with Crippen LogP contribution in [0.2, 0.25) is 10.0 Å². The third-order valence-corrected chi connectivity index (χ3v) is 5.34. The highest BCUT2D eigenvalue weighted by atomic mass is 35.5. The van der Waals surface area contributed by atoms with E-state index in [0.29, 0.717) is 21.3 Å². The molecule has 1 aromatic heterocycles. The number of nitrogens with two attached hydrogens (primary N) is 1. The molecule has 0 aliphatic rings. The molecule has 9 heteroatoms. The number of aromatic nitrogens is 3. The number of nitrogens with zero attached hydrogens (tertiary/aromatic N) is 2. The molecular weight excluding hydrogens is 407 g/mol. The molecule has 1 atom stereocenters. The predicted molar refractivity (Wildman–Crippen MR) is 110 cm³/mol. The highest BCUT2D eigenvalue weighted by molar-refractivity contribution is 7.80. The van der Waals surface area contributed by atoms with Crippen LogP contribution < -0.4 is 17.0 Å². The number of rotatable bonds is 4. The molecule has 0 saturated heterocycles. The molecule has 1 heterocycles. The van der Waals surface area contributed by atoms with E-state index >= 15 is 0 Å². The lowest BCUT2D eigenvalue weighted by molar-refractivity contribution is 0.744. The summed E-state index contributed by atoms with van der Waals surface area (Å²) in [6.07, 6.45) is 1.01. The fraction of sp³-hybridized carbons (Fsp3) is 0.111. The lowest BCUT2D eigenvalue weighted by atomic mass is 9.76. The van der Waals surface area contributed by atoms with E-state index in [0.717, 1.165) is 16.4 Å². The van der Waals surface area contributed by atoms with Gasteiger partial charge in [0, 0.05) is 10.0 Å². The molecular formula is C18H14Cl2N4O2S. The second-order valence-electron chi connectivity index (χ2n) is 6.01. The first-order valence-corrected chi connectivity index (χ1v) is 8.95. The lowest BCUT2D eigenvalue weighted by Crippen LogP contribution is -2.38. The van der Waals surface area contributed by atoms with Gasteiger partial charge < -0.3 is 5.73 Å². The van der Waals surface area contributed by atoms with Crippen molar-refractivity contribution >= 4 is 40.4 Å². The number of hydrogen-bond acceptors (Lipinski definition) is 4. The summed E-state index contributed by atoms with van der Waals surface area (Å²) in [5, 5.41) is 4.76. The number of H-pyrrole nitrogens is 1. The fourth-order valence-electron chi connectivity index (χ4n) is 2.79. The minimum absolute atomic E-state index is 0.235. The fourth-order valence-corrected chi connectivity index (χ4v) is 3.51. The summed E-state index contributed by atoms with van der Waals surface area (Å²) in [6, 6.07) is 12.1. The van der Waals surface area contributed by atoms with E-state index < -0.39 is 16.7 Å². The molecule has 138 valence electrons. The van der Waals surface area contributed by atoms with Crippen LogP contribution in [0.15, 0.2) is 58.3 Å². The Kier molecular flexibility index (Phi) is 5.19. The molecule has 0 spiro atoms. The Balaban J connectivity index is 2.15. The van der Waals surface area contributed by atoms with Gasteiger partial charge in [-0.15, -0.1) is 0 Å². The van der Waals surface area contributed by atoms with Crippen molar-refractivity contribution in [2.45, 2.75) is 12.3 Å². The lowest BCUT2D eigenvalue weighted by Gasteiger charge is -2.31. The average molecular weight is 421 g/mol. The first-order valence-electron chi connectivity index (χ1n) is 7.78. The highest BCUT2D eigenvalue weighted by Crippen LogP contribution is 2.37. The number of nitrogens with one attached hydrogen (secondary N) is 1. The van der Waals surface area contributed by atoms with Crippen molar-refractivity contribution in [2.24, 2.45) is 5.73 Å². The number of hydrogen-bond donors (Lipinski definition) is 2. The topological polar surface area (TPSA) is 93.8 Å². The molecule has 2 aromatic carbocycles. The van der Waals surface area contributed by atoms with E-state index in [1.54, 1.807) is 30.3 Å². The second kappa shape index (κ2) is 7.26. The molecule has 6 nitrogen and oxygen atoms in total. The summed E-state index contributed by atoms with van der Waals surface area (Å²) in [5.74, 6) is 0. The zero-order valence-electron chi connectivity index (χ0n) is 14.1. The van der Waals surface area contributed by atoms with Gasteiger partial charge in [-0.1, -0.05) is 53.6 Å². The molecule has 1 unspecified atom stereocenters. The van der Waals surface area contributed by atoms with Crippen molar-refractivity contribution < 1.29 is 0 Å². The normalized spacial score (nSPS) is 13.1. The van der Waals surface area contributed by atoms with E-state index in [9.17, 15) is 9.59 Å². The van der Waals surface area contributed by atoms with E-state index in [1.807, 2.05) is 19.1 Å². The van der Waals surface area contributed by atoms with Crippen molar-refractivity contribution in [2.75, 3.05) is 0 Å². The molecule has 0 amide bonds. The van der Waals surface area contributed by atoms with E-state index in [2.05, 4.69) is 10.1 Å². The molecule has 3 rings (SSSR count). The maximum absolute atomic E-state index is 11.9. The Bertz CT molecular complexity index is 1140. The van der Waals surface area contributed by atoms with Crippen LogP contribution in [0.4, 0.5) is 0 Å². The Morgan fingerprint density at radius 3 is 2.41 bits per heavy atom. The van der Waals surface area contributed by atoms with Crippen molar-refractivity contribution in [3.05, 3.63) is 90.7 Å². The molecule has 0 aliphatic heterocycles. The number of thiocarbonyl (C=S) groups is 1. The third kappa shape index (κ3) is 3.53. The van der Waals surface area contributed by atoms with Crippen molar-refractivity contribution in [1.82, 2.24) is 14.8 Å². The molecule has 0 bridgehead atoms. The summed E-state index contributed by atoms with van der Waals surface area (Å²) < 4.78 is 1.04. The third-order valence-electron chi connectivity index (χ3n) is 4.36. The zero-order chi connectivity index (χ0) is 19.8. The Morgan fingerprint density at radius 1 is 1.19 bits per heavy atom. The van der Waals surface area contributed by atoms with Gasteiger partial charge in [-0.2, -0.15) is 9.78 Å². The Morgan fingerprint density at radius 2 is 1.85 bits per heavy atom. The predicted octanol–water partition coefficient (Wildman–Crippen LogP) is 2.82. The Labute approximate surface area is 169 Å². The summed E-state index contributed by atoms with van der Waals surface area (Å²) in [5.41, 5.74) is 5.86. The van der Waals surface area contributed by atoms with Gasteiger partial charge in [0.1, 0.15) is 6.20 Å². The van der Waals surface area contributed by atoms with E-state index in [-0.39, 0.29) is 4.99 Å². The number of benzene rings is 2. The SMILES string of the molecule is CC(C(N)=S)(c1ccc(Cl)cc1)c1ccc(-n2ncc(=O)[nH]c2=O)cc1Cl. The maximum atomic E-state index is 11.9. The van der Waals surface area contributed by atoms with Crippen LogP contribution in [0.1, 0.15) is 18.1 Å². The molecule has 0 fully saturated rings. The van der Waals surface area contributed by atoms with Gasteiger partial charge in [-0.05, 0) is 42.3 Å². The van der Waals surface area contributed by atoms with Crippen LogP contribution >= 0.6 is 35.4 Å². The smallest absolute Gasteiger partial charge is 0.349 e. The number of aromatic amines is 1. The monoisotopic (exact) mass is 420 g/mol. The minimum atomic E-state index is -0.848. The summed E-state index contributed by atoms with van der Waals surface area (Å²) in [4.78, 5) is 25.5. The largest absolute Gasteiger partial charge is 0.392 e. The molecule has 0 saturated carbocycles. The second-order valence-corrected chi connectivity index (χ2v) is 7.29. The quantitative estimate of drug-likeness (QED) is 0.632. The van der Waals surface area contributed by atoms with Crippen LogP contribution in [0.25, 0.3) is 5.69 Å². The molecule has 3 N–H and O–H groups in total. The summed E-state index contributed by atoms with van der Waals surface area (Å²) in [7, 11) is 0. The average Bonchev–Trinajstić information content (AvgIpc) is 2.61. The maximum Gasteiger partial charge on any atom is 0.349 e. The van der Waals surface area contributed by atoms with Crippen LogP contribution in [-0.4, -0.2) is 19.8 Å². The summed E-state index contributed by atoms with van der Waals surface area (Å²) >= 11 is 17.8. The highest BCUT2D eigenvalue weighted by Gasteiger charge is 2.34. The van der Waals surface area contributed by atoms with Crippen LogP contribution in [-0.2, 0) is 5.41 Å². The Hall–Kier alpha value is -2.48. The molecule has 0 radical (unpaired) electrons. The van der Waals surface area contributed by atoms with Crippen LogP contribution in [0.3, 0.4) is 0 Å². The van der Waals surface area contributed by atoms with Gasteiger partial charge in [-0.3, -0.25) is 9.78 Å². The summed E-state index contributed by atoms with van der Waals surface area (Å²) in [6.45, 7) is 1.86. The molecule has 27 heavy (non-hydrogen) atoms. The van der Waals surface area contributed by atoms with Crippen molar-refractivity contribution in [3.63, 3.8) is 0 Å². The minimum Gasteiger partial charge on any atom is -0.392 e. The zero-order valence-corrected chi connectivity index (χ0v) is 16.4. The van der Waals surface area contributed by atoms with Gasteiger partial charge >= 0.3 is 5.69 Å². The van der Waals surface area contributed by atoms with Gasteiger partial charge in [0.15, 0.2) is 0 Å². The van der Waals surface area contributed by atoms with E-state index in [1.165, 1.54) is 0 Å². The van der Waals surface area contributed by atoms with Crippen molar-refractivity contribution in [3.8, 4) is 5.69 Å². The number of halogens is 2. The van der Waals surface area contributed by atoms with E-state index in [4.69, 9.17) is 41.2 Å². The first-order chi connectivity index (χ1) is 12.7. The van der Waals surface area contributed by atoms with Gasteiger partial charge in [0.25, 0.3) is 5.56 Å². The van der Waals surface area contributed by atoms with Crippen molar-refractivity contribution in [1.29, 1.82) is 0 Å². The first kappa shape index (κ1) is 19.3. The molecule has 3 aromatic rings. The molecule has 0 aliphatic carbocycles. The standard InChI is InChI=1S/C18H14Cl2N4O2S/c1-18(16(21)27,10-2-4-11(19)5-3-10)13-7-6-12(8-14(13)20)24-17(26)23-15(25)9-22-24/h2-9H,1H3,(H2,21,27)(H,23,25,26). The van der Waals surface area contributed by atoms with Gasteiger partial charge in [0.2, 0.25) is 0 Å². The van der Waals surface area contributed by atoms with Gasteiger partial charge in [-0.25, -0.2) is 4.79 Å². The van der Waals surface area contributed by atoms with Crippen LogP contribution in [0, 0.1) is 0 Å².